The van der Waals surface area contributed by atoms with E-state index in [1.54, 1.807) is 7.11 Å². The number of benzene rings is 1. The van der Waals surface area contributed by atoms with E-state index in [2.05, 4.69) is 20.8 Å². The molecule has 19 heavy (non-hydrogen) atoms. The second-order valence-electron chi connectivity index (χ2n) is 5.90. The van der Waals surface area contributed by atoms with Crippen molar-refractivity contribution in [2.24, 2.45) is 5.41 Å². The van der Waals surface area contributed by atoms with E-state index in [9.17, 15) is 9.90 Å². The molecular weight excluding hydrogens is 240 g/mol. The number of carboxylic acid groups (broad SMARTS) is 1. The van der Waals surface area contributed by atoms with Crippen molar-refractivity contribution in [2.45, 2.75) is 33.6 Å². The SMILES string of the molecule is COc1cccc2c1CCC(C(=O)O)=C2C(C)(C)C. The first kappa shape index (κ1) is 13.7. The predicted octanol–water partition coefficient (Wildman–Crippen LogP) is 3.53. The number of carboxylic acids is 1. The molecule has 0 heterocycles. The Morgan fingerprint density at radius 2 is 1.95 bits per heavy atom. The van der Waals surface area contributed by atoms with Crippen molar-refractivity contribution in [2.75, 3.05) is 7.11 Å². The normalized spacial score (nSPS) is 15.2. The first-order chi connectivity index (χ1) is 8.86. The van der Waals surface area contributed by atoms with Crippen molar-refractivity contribution < 1.29 is 14.6 Å². The number of rotatable bonds is 2. The Morgan fingerprint density at radius 3 is 2.47 bits per heavy atom. The van der Waals surface area contributed by atoms with E-state index < -0.39 is 5.97 Å². The zero-order chi connectivity index (χ0) is 14.2. The van der Waals surface area contributed by atoms with Crippen molar-refractivity contribution in [3.63, 3.8) is 0 Å². The summed E-state index contributed by atoms with van der Waals surface area (Å²) in [5, 5.41) is 9.43. The Balaban J connectivity index is 2.72. The van der Waals surface area contributed by atoms with E-state index in [-0.39, 0.29) is 5.41 Å². The number of carbonyl (C=O) groups is 1. The van der Waals surface area contributed by atoms with Gasteiger partial charge in [0, 0.05) is 11.1 Å². The third-order valence-corrected chi connectivity index (χ3v) is 3.56. The van der Waals surface area contributed by atoms with Crippen LogP contribution in [0.25, 0.3) is 5.57 Å². The van der Waals surface area contributed by atoms with Gasteiger partial charge in [-0.05, 0) is 35.5 Å². The summed E-state index contributed by atoms with van der Waals surface area (Å²) < 4.78 is 5.40. The molecule has 0 saturated carbocycles. The molecule has 1 aliphatic rings. The van der Waals surface area contributed by atoms with Crippen LogP contribution in [0.3, 0.4) is 0 Å². The molecule has 0 bridgehead atoms. The maximum absolute atomic E-state index is 11.5. The molecule has 1 N–H and O–H groups in total. The molecule has 0 atom stereocenters. The maximum atomic E-state index is 11.5. The lowest BCUT2D eigenvalue weighted by atomic mass is 9.73. The molecule has 0 aliphatic heterocycles. The summed E-state index contributed by atoms with van der Waals surface area (Å²) in [7, 11) is 1.66. The zero-order valence-electron chi connectivity index (χ0n) is 11.9. The molecule has 0 aromatic heterocycles. The van der Waals surface area contributed by atoms with Gasteiger partial charge in [-0.15, -0.1) is 0 Å². The van der Waals surface area contributed by atoms with Crippen LogP contribution in [-0.2, 0) is 11.2 Å². The minimum absolute atomic E-state index is 0.199. The largest absolute Gasteiger partial charge is 0.496 e. The Bertz CT molecular complexity index is 548. The maximum Gasteiger partial charge on any atom is 0.331 e. The summed E-state index contributed by atoms with van der Waals surface area (Å²) in [4.78, 5) is 11.5. The van der Waals surface area contributed by atoms with Crippen LogP contribution >= 0.6 is 0 Å². The van der Waals surface area contributed by atoms with Gasteiger partial charge in [0.25, 0.3) is 0 Å². The molecule has 0 amide bonds. The highest BCUT2D eigenvalue weighted by atomic mass is 16.5. The smallest absolute Gasteiger partial charge is 0.331 e. The van der Waals surface area contributed by atoms with Crippen LogP contribution in [-0.4, -0.2) is 18.2 Å². The van der Waals surface area contributed by atoms with Crippen molar-refractivity contribution in [1.82, 2.24) is 0 Å². The number of allylic oxidation sites excluding steroid dienone is 1. The highest BCUT2D eigenvalue weighted by Gasteiger charge is 2.31. The van der Waals surface area contributed by atoms with Crippen LogP contribution in [0.4, 0.5) is 0 Å². The predicted molar refractivity (Wildman–Crippen MR) is 75.3 cm³/mol. The van der Waals surface area contributed by atoms with E-state index in [4.69, 9.17) is 4.74 Å². The van der Waals surface area contributed by atoms with Crippen LogP contribution in [0.5, 0.6) is 5.75 Å². The van der Waals surface area contributed by atoms with E-state index in [0.717, 1.165) is 28.9 Å². The fraction of sp³-hybridized carbons (Fsp3) is 0.438. The Morgan fingerprint density at radius 1 is 1.26 bits per heavy atom. The van der Waals surface area contributed by atoms with Crippen LogP contribution in [0.2, 0.25) is 0 Å². The Labute approximate surface area is 113 Å². The molecule has 0 fully saturated rings. The van der Waals surface area contributed by atoms with Gasteiger partial charge in [0.15, 0.2) is 0 Å². The molecule has 0 unspecified atom stereocenters. The molecule has 3 nitrogen and oxygen atoms in total. The highest BCUT2D eigenvalue weighted by Crippen LogP contribution is 2.44. The molecule has 0 radical (unpaired) electrons. The molecular formula is C16H20O3. The Hall–Kier alpha value is -1.77. The second kappa shape index (κ2) is 4.72. The third-order valence-electron chi connectivity index (χ3n) is 3.56. The molecule has 0 saturated heterocycles. The van der Waals surface area contributed by atoms with E-state index in [0.29, 0.717) is 12.0 Å². The average Bonchev–Trinajstić information content (AvgIpc) is 2.35. The number of fused-ring (bicyclic) bond motifs is 1. The van der Waals surface area contributed by atoms with Crippen molar-refractivity contribution in [3.8, 4) is 5.75 Å². The first-order valence-corrected chi connectivity index (χ1v) is 6.49. The molecule has 1 aromatic rings. The minimum atomic E-state index is -0.807. The van der Waals surface area contributed by atoms with Crippen LogP contribution in [0.1, 0.15) is 38.3 Å². The third kappa shape index (κ3) is 2.37. The lowest BCUT2D eigenvalue weighted by molar-refractivity contribution is -0.132. The van der Waals surface area contributed by atoms with Gasteiger partial charge in [-0.25, -0.2) is 4.79 Å². The van der Waals surface area contributed by atoms with Gasteiger partial charge in [-0.2, -0.15) is 0 Å². The Kier molecular flexibility index (Phi) is 3.40. The summed E-state index contributed by atoms with van der Waals surface area (Å²) in [6, 6.07) is 5.86. The van der Waals surface area contributed by atoms with E-state index >= 15 is 0 Å². The lowest BCUT2D eigenvalue weighted by Gasteiger charge is -2.31. The molecule has 2 rings (SSSR count). The monoisotopic (exact) mass is 260 g/mol. The summed E-state index contributed by atoms with van der Waals surface area (Å²) in [6.45, 7) is 6.17. The van der Waals surface area contributed by atoms with Crippen molar-refractivity contribution in [1.29, 1.82) is 0 Å². The molecule has 1 aromatic carbocycles. The van der Waals surface area contributed by atoms with Gasteiger partial charge >= 0.3 is 5.97 Å². The minimum Gasteiger partial charge on any atom is -0.496 e. The van der Waals surface area contributed by atoms with E-state index in [1.165, 1.54) is 0 Å². The molecule has 102 valence electrons. The quantitative estimate of drug-likeness (QED) is 0.885. The molecule has 0 spiro atoms. The van der Waals surface area contributed by atoms with E-state index in [1.807, 2.05) is 18.2 Å². The van der Waals surface area contributed by atoms with Crippen molar-refractivity contribution in [3.05, 3.63) is 34.9 Å². The first-order valence-electron chi connectivity index (χ1n) is 6.49. The van der Waals surface area contributed by atoms with Gasteiger partial charge in [-0.1, -0.05) is 32.9 Å². The molecule has 3 heteroatoms. The zero-order valence-corrected chi connectivity index (χ0v) is 11.9. The summed E-state index contributed by atoms with van der Waals surface area (Å²) in [5.74, 6) is 0.0436. The number of methoxy groups -OCH3 is 1. The number of hydrogen-bond donors (Lipinski definition) is 1. The van der Waals surface area contributed by atoms with Gasteiger partial charge < -0.3 is 9.84 Å². The van der Waals surface area contributed by atoms with Crippen LogP contribution < -0.4 is 4.74 Å². The summed E-state index contributed by atoms with van der Waals surface area (Å²) >= 11 is 0. The standard InChI is InChI=1S/C16H20O3/c1-16(2,3)14-11-6-5-7-13(19-4)10(11)8-9-12(14)15(17)18/h5-7H,8-9H2,1-4H3,(H,17,18). The summed E-state index contributed by atoms with van der Waals surface area (Å²) in [6.07, 6.45) is 1.29. The number of aliphatic carboxylic acids is 1. The number of hydrogen-bond acceptors (Lipinski definition) is 2. The fourth-order valence-electron chi connectivity index (χ4n) is 2.86. The van der Waals surface area contributed by atoms with Gasteiger partial charge in [-0.3, -0.25) is 0 Å². The van der Waals surface area contributed by atoms with Crippen LogP contribution in [0, 0.1) is 5.41 Å². The van der Waals surface area contributed by atoms with Gasteiger partial charge in [0.1, 0.15) is 5.75 Å². The second-order valence-corrected chi connectivity index (χ2v) is 5.90. The fourth-order valence-corrected chi connectivity index (χ4v) is 2.86. The topological polar surface area (TPSA) is 46.5 Å². The highest BCUT2D eigenvalue weighted by molar-refractivity contribution is 5.99. The lowest BCUT2D eigenvalue weighted by Crippen LogP contribution is -2.20. The van der Waals surface area contributed by atoms with Crippen molar-refractivity contribution >= 4 is 11.5 Å². The average molecular weight is 260 g/mol. The van der Waals surface area contributed by atoms with Gasteiger partial charge in [0.05, 0.1) is 7.11 Å². The molecule has 1 aliphatic carbocycles. The number of ether oxygens (including phenoxy) is 1. The summed E-state index contributed by atoms with van der Waals surface area (Å²) in [5.41, 5.74) is 3.42. The van der Waals surface area contributed by atoms with Crippen LogP contribution in [0.15, 0.2) is 23.8 Å². The van der Waals surface area contributed by atoms with Gasteiger partial charge in [0.2, 0.25) is 0 Å².